The Kier molecular flexibility index (Phi) is 3.46. The lowest BCUT2D eigenvalue weighted by Crippen LogP contribution is -2.32. The predicted octanol–water partition coefficient (Wildman–Crippen LogP) is 2.90. The number of carbonyl (C=O) groups excluding carboxylic acids is 1. The summed E-state index contributed by atoms with van der Waals surface area (Å²) < 4.78 is 5.16. The first-order valence-electron chi connectivity index (χ1n) is 6.25. The normalized spacial score (nSPS) is 11.6. The van der Waals surface area contributed by atoms with Gasteiger partial charge in [-0.1, -0.05) is 6.07 Å². The van der Waals surface area contributed by atoms with Crippen molar-refractivity contribution < 1.29 is 9.53 Å². The summed E-state index contributed by atoms with van der Waals surface area (Å²) in [6, 6.07) is 5.99. The molecule has 5 heteroatoms. The quantitative estimate of drug-likeness (QED) is 0.873. The molecule has 0 radical (unpaired) electrons. The lowest BCUT2D eigenvalue weighted by Gasteiger charge is -2.19. The first kappa shape index (κ1) is 13.4. The Hall–Kier alpha value is -2.04. The van der Waals surface area contributed by atoms with E-state index in [0.29, 0.717) is 12.4 Å². The molecule has 0 aliphatic rings. The predicted molar refractivity (Wildman–Crippen MR) is 73.9 cm³/mol. The van der Waals surface area contributed by atoms with Crippen molar-refractivity contribution in [1.29, 1.82) is 0 Å². The van der Waals surface area contributed by atoms with Crippen LogP contribution in [0.2, 0.25) is 0 Å². The van der Waals surface area contributed by atoms with Gasteiger partial charge in [-0.2, -0.15) is 0 Å². The number of benzene rings is 1. The Balaban J connectivity index is 2.00. The van der Waals surface area contributed by atoms with Crippen LogP contribution in [0.25, 0.3) is 11.0 Å². The molecule has 0 bridgehead atoms. The molecule has 1 aromatic heterocycles. The maximum atomic E-state index is 11.5. The first-order valence-corrected chi connectivity index (χ1v) is 6.25. The molecule has 5 nitrogen and oxygen atoms in total. The average Bonchev–Trinajstić information content (AvgIpc) is 2.66. The van der Waals surface area contributed by atoms with Gasteiger partial charge in [-0.15, -0.1) is 0 Å². The van der Waals surface area contributed by atoms with Crippen LogP contribution in [-0.4, -0.2) is 21.7 Å². The zero-order valence-corrected chi connectivity index (χ0v) is 11.7. The van der Waals surface area contributed by atoms with Gasteiger partial charge in [0.25, 0.3) is 0 Å². The molecule has 102 valence electrons. The number of fused-ring (bicyclic) bond motifs is 1. The molecule has 0 unspecified atom stereocenters. The molecule has 1 aromatic carbocycles. The van der Waals surface area contributed by atoms with Crippen molar-refractivity contribution in [2.24, 2.45) is 0 Å². The zero-order chi connectivity index (χ0) is 14.0. The maximum absolute atomic E-state index is 11.5. The van der Waals surface area contributed by atoms with Crippen molar-refractivity contribution in [3.63, 3.8) is 0 Å². The van der Waals surface area contributed by atoms with Gasteiger partial charge in [-0.05, 0) is 45.4 Å². The minimum absolute atomic E-state index is 0.322. The molecule has 0 aliphatic carbocycles. The van der Waals surface area contributed by atoms with Crippen molar-refractivity contribution in [3.05, 3.63) is 29.6 Å². The maximum Gasteiger partial charge on any atom is 0.408 e. The summed E-state index contributed by atoms with van der Waals surface area (Å²) in [4.78, 5) is 19.1. The summed E-state index contributed by atoms with van der Waals surface area (Å²) in [6.45, 7) is 7.84. The van der Waals surface area contributed by atoms with E-state index in [0.717, 1.165) is 11.0 Å². The fraction of sp³-hybridized carbons (Fsp3) is 0.429. The van der Waals surface area contributed by atoms with Crippen LogP contribution in [0.5, 0.6) is 0 Å². The number of aryl methyl sites for hydroxylation is 1. The molecule has 0 saturated heterocycles. The minimum atomic E-state index is -0.491. The van der Waals surface area contributed by atoms with Crippen molar-refractivity contribution in [2.75, 3.05) is 0 Å². The Morgan fingerprint density at radius 1 is 1.42 bits per heavy atom. The molecule has 0 saturated carbocycles. The average molecular weight is 261 g/mol. The minimum Gasteiger partial charge on any atom is -0.444 e. The van der Waals surface area contributed by atoms with Crippen LogP contribution in [0.1, 0.15) is 32.2 Å². The number of imidazole rings is 1. The highest BCUT2D eigenvalue weighted by molar-refractivity contribution is 5.76. The molecule has 1 heterocycles. The smallest absolute Gasteiger partial charge is 0.408 e. The van der Waals surface area contributed by atoms with Gasteiger partial charge in [0.05, 0.1) is 17.6 Å². The van der Waals surface area contributed by atoms with E-state index in [9.17, 15) is 4.79 Å². The number of nitrogens with one attached hydrogen (secondary N) is 2. The molecular weight excluding hydrogens is 242 g/mol. The van der Waals surface area contributed by atoms with Crippen molar-refractivity contribution in [2.45, 2.75) is 39.8 Å². The van der Waals surface area contributed by atoms with E-state index < -0.39 is 11.7 Å². The van der Waals surface area contributed by atoms with Crippen LogP contribution in [-0.2, 0) is 11.3 Å². The number of alkyl carbamates (subject to hydrolysis) is 1. The third-order valence-corrected chi connectivity index (χ3v) is 2.49. The fourth-order valence-corrected chi connectivity index (χ4v) is 1.73. The summed E-state index contributed by atoms with van der Waals surface area (Å²) in [5.74, 6) is 0.714. The highest BCUT2D eigenvalue weighted by atomic mass is 16.6. The summed E-state index contributed by atoms with van der Waals surface area (Å²) in [5, 5.41) is 2.68. The molecule has 19 heavy (non-hydrogen) atoms. The SMILES string of the molecule is Cc1ccc2nc(CNC(=O)OC(C)(C)C)[nH]c2c1. The van der Waals surface area contributed by atoms with Crippen LogP contribution in [0.3, 0.4) is 0 Å². The van der Waals surface area contributed by atoms with E-state index >= 15 is 0 Å². The monoisotopic (exact) mass is 261 g/mol. The van der Waals surface area contributed by atoms with Gasteiger partial charge in [0.2, 0.25) is 0 Å². The molecule has 0 atom stereocenters. The number of H-pyrrole nitrogens is 1. The molecule has 0 aliphatic heterocycles. The Labute approximate surface area is 112 Å². The van der Waals surface area contributed by atoms with Crippen molar-refractivity contribution >= 4 is 17.1 Å². The van der Waals surface area contributed by atoms with Gasteiger partial charge in [0, 0.05) is 0 Å². The molecule has 0 fully saturated rings. The van der Waals surface area contributed by atoms with Gasteiger partial charge in [0.15, 0.2) is 0 Å². The fourth-order valence-electron chi connectivity index (χ4n) is 1.73. The van der Waals surface area contributed by atoms with E-state index in [1.54, 1.807) is 0 Å². The van der Waals surface area contributed by atoms with E-state index in [1.807, 2.05) is 45.9 Å². The molecule has 0 spiro atoms. The van der Waals surface area contributed by atoms with Gasteiger partial charge in [-0.25, -0.2) is 9.78 Å². The summed E-state index contributed by atoms with van der Waals surface area (Å²) in [6.07, 6.45) is -0.441. The second-order valence-electron chi connectivity index (χ2n) is 5.56. The largest absolute Gasteiger partial charge is 0.444 e. The number of aromatic amines is 1. The second-order valence-corrected chi connectivity index (χ2v) is 5.56. The second kappa shape index (κ2) is 4.91. The first-order chi connectivity index (χ1) is 8.83. The van der Waals surface area contributed by atoms with Crippen molar-refractivity contribution in [1.82, 2.24) is 15.3 Å². The third kappa shape index (κ3) is 3.71. The molecular formula is C14H19N3O2. The van der Waals surface area contributed by atoms with Crippen LogP contribution < -0.4 is 5.32 Å². The lowest BCUT2D eigenvalue weighted by atomic mass is 10.2. The highest BCUT2D eigenvalue weighted by Crippen LogP contribution is 2.13. The Morgan fingerprint density at radius 2 is 2.16 bits per heavy atom. The van der Waals surface area contributed by atoms with Gasteiger partial charge < -0.3 is 15.0 Å². The number of hydrogen-bond acceptors (Lipinski definition) is 3. The van der Waals surface area contributed by atoms with E-state index in [4.69, 9.17) is 4.74 Å². The van der Waals surface area contributed by atoms with Crippen LogP contribution in [0.4, 0.5) is 4.79 Å². The van der Waals surface area contributed by atoms with E-state index in [2.05, 4.69) is 15.3 Å². The van der Waals surface area contributed by atoms with Gasteiger partial charge in [-0.3, -0.25) is 0 Å². The number of carbonyl (C=O) groups is 1. The highest BCUT2D eigenvalue weighted by Gasteiger charge is 2.16. The standard InChI is InChI=1S/C14H19N3O2/c1-9-5-6-10-11(7-9)17-12(16-10)8-15-13(18)19-14(2,3)4/h5-7H,8H2,1-4H3,(H,15,18)(H,16,17). The van der Waals surface area contributed by atoms with E-state index in [1.165, 1.54) is 5.56 Å². The van der Waals surface area contributed by atoms with Gasteiger partial charge in [0.1, 0.15) is 11.4 Å². The molecule has 2 rings (SSSR count). The zero-order valence-electron chi connectivity index (χ0n) is 11.7. The van der Waals surface area contributed by atoms with Gasteiger partial charge >= 0.3 is 6.09 Å². The summed E-state index contributed by atoms with van der Waals surface area (Å²) in [7, 11) is 0. The number of nitrogens with zero attached hydrogens (tertiary/aromatic N) is 1. The van der Waals surface area contributed by atoms with E-state index in [-0.39, 0.29) is 0 Å². The molecule has 1 amide bonds. The molecule has 2 aromatic rings. The van der Waals surface area contributed by atoms with Crippen LogP contribution >= 0.6 is 0 Å². The topological polar surface area (TPSA) is 67.0 Å². The Morgan fingerprint density at radius 3 is 2.84 bits per heavy atom. The Bertz CT molecular complexity index is 596. The number of amides is 1. The summed E-state index contributed by atoms with van der Waals surface area (Å²) >= 11 is 0. The number of hydrogen-bond donors (Lipinski definition) is 2. The third-order valence-electron chi connectivity index (χ3n) is 2.49. The lowest BCUT2D eigenvalue weighted by molar-refractivity contribution is 0.0522. The number of aromatic nitrogens is 2. The summed E-state index contributed by atoms with van der Waals surface area (Å²) in [5.41, 5.74) is 2.55. The van der Waals surface area contributed by atoms with Crippen molar-refractivity contribution in [3.8, 4) is 0 Å². The number of rotatable bonds is 2. The number of ether oxygens (including phenoxy) is 1. The molecule has 2 N–H and O–H groups in total. The van der Waals surface area contributed by atoms with Crippen LogP contribution in [0, 0.1) is 6.92 Å². The van der Waals surface area contributed by atoms with Crippen LogP contribution in [0.15, 0.2) is 18.2 Å².